The number of nitrogens with zero attached hydrogens (tertiary/aromatic N) is 3. The maximum Gasteiger partial charge on any atom is 0.206 e. The molecule has 0 N–H and O–H groups in total. The molecule has 0 fully saturated rings. The molecule has 1 aliphatic heterocycles. The molecule has 1 aliphatic rings. The normalized spacial score (nSPS) is 17.6. The van der Waals surface area contributed by atoms with E-state index in [2.05, 4.69) is 24.1 Å². The average molecular weight is 112 g/mol. The summed E-state index contributed by atoms with van der Waals surface area (Å²) in [6.07, 6.45) is 1.81. The standard InChI is InChI=1S/C5H10N3/c1-5(2)8-6-3-4-7-8/h3,5H,4H2,1-2H3/q+1. The van der Waals surface area contributed by atoms with Crippen LogP contribution < -0.4 is 0 Å². The van der Waals surface area contributed by atoms with Crippen LogP contribution in [0.25, 0.3) is 0 Å². The van der Waals surface area contributed by atoms with E-state index in [0.717, 1.165) is 6.54 Å². The van der Waals surface area contributed by atoms with Crippen LogP contribution in [-0.2, 0) is 0 Å². The van der Waals surface area contributed by atoms with Gasteiger partial charge >= 0.3 is 0 Å². The second-order valence-electron chi connectivity index (χ2n) is 2.04. The maximum atomic E-state index is 4.05. The fraction of sp³-hybridized carbons (Fsp3) is 0.800. The van der Waals surface area contributed by atoms with Crippen molar-refractivity contribution in [2.75, 3.05) is 6.54 Å². The summed E-state index contributed by atoms with van der Waals surface area (Å²) in [4.78, 5) is 1.72. The second kappa shape index (κ2) is 2.03. The van der Waals surface area contributed by atoms with Crippen molar-refractivity contribution in [2.24, 2.45) is 10.2 Å². The molecule has 44 valence electrons. The summed E-state index contributed by atoms with van der Waals surface area (Å²) in [5.74, 6) is 0. The lowest BCUT2D eigenvalue weighted by Gasteiger charge is -1.87. The van der Waals surface area contributed by atoms with Gasteiger partial charge in [0.15, 0.2) is 0 Å². The van der Waals surface area contributed by atoms with Crippen molar-refractivity contribution in [2.45, 2.75) is 19.9 Å². The van der Waals surface area contributed by atoms with E-state index < -0.39 is 0 Å². The maximum absolute atomic E-state index is 4.05. The predicted molar refractivity (Wildman–Crippen MR) is 31.2 cm³/mol. The quantitative estimate of drug-likeness (QED) is 0.450. The van der Waals surface area contributed by atoms with E-state index in [0.29, 0.717) is 6.04 Å². The molecule has 0 aliphatic carbocycles. The lowest BCUT2D eigenvalue weighted by Crippen LogP contribution is -2.09. The van der Waals surface area contributed by atoms with Crippen LogP contribution in [0.1, 0.15) is 13.8 Å². The molecule has 0 aromatic heterocycles. The Morgan fingerprint density at radius 3 is 2.62 bits per heavy atom. The van der Waals surface area contributed by atoms with E-state index in [1.54, 1.807) is 11.0 Å². The zero-order valence-electron chi connectivity index (χ0n) is 5.20. The summed E-state index contributed by atoms with van der Waals surface area (Å²) in [5, 5.41) is 8.02. The highest BCUT2D eigenvalue weighted by atomic mass is 15.5. The van der Waals surface area contributed by atoms with Crippen molar-refractivity contribution in [1.29, 1.82) is 0 Å². The van der Waals surface area contributed by atoms with Gasteiger partial charge in [0.05, 0.1) is 0 Å². The molecule has 0 spiro atoms. The van der Waals surface area contributed by atoms with Gasteiger partial charge in [-0.05, 0) is 5.11 Å². The summed E-state index contributed by atoms with van der Waals surface area (Å²) in [6.45, 7) is 4.87. The fourth-order valence-corrected chi connectivity index (χ4v) is 0.573. The number of hydrogen-bond donors (Lipinski definition) is 0. The number of rotatable bonds is 1. The van der Waals surface area contributed by atoms with Gasteiger partial charge in [0.1, 0.15) is 12.8 Å². The number of hydrogen-bond acceptors (Lipinski definition) is 2. The van der Waals surface area contributed by atoms with E-state index in [1.807, 2.05) is 0 Å². The van der Waals surface area contributed by atoms with Crippen LogP contribution in [0.3, 0.4) is 0 Å². The van der Waals surface area contributed by atoms with E-state index in [1.165, 1.54) is 0 Å². The monoisotopic (exact) mass is 112 g/mol. The second-order valence-corrected chi connectivity index (χ2v) is 2.04. The molecule has 0 amide bonds. The fourth-order valence-electron chi connectivity index (χ4n) is 0.573. The third-order valence-corrected chi connectivity index (χ3v) is 0.970. The minimum atomic E-state index is 0.411. The Kier molecular flexibility index (Phi) is 1.37. The van der Waals surface area contributed by atoms with Gasteiger partial charge in [0.2, 0.25) is 6.04 Å². The molecular weight excluding hydrogens is 102 g/mol. The van der Waals surface area contributed by atoms with Gasteiger partial charge in [-0.15, -0.1) is 0 Å². The van der Waals surface area contributed by atoms with Crippen LogP contribution >= 0.6 is 0 Å². The van der Waals surface area contributed by atoms with Gasteiger partial charge < -0.3 is 0 Å². The van der Waals surface area contributed by atoms with Crippen LogP contribution in [0.2, 0.25) is 0 Å². The first-order valence-electron chi connectivity index (χ1n) is 2.80. The van der Waals surface area contributed by atoms with Crippen molar-refractivity contribution >= 4 is 6.21 Å². The molecule has 0 unspecified atom stereocenters. The Balaban J connectivity index is 2.58. The molecule has 0 aromatic carbocycles. The first-order chi connectivity index (χ1) is 3.80. The summed E-state index contributed by atoms with van der Waals surface area (Å²) >= 11 is 0. The molecule has 0 saturated heterocycles. The van der Waals surface area contributed by atoms with Crippen LogP contribution in [0.5, 0.6) is 0 Å². The van der Waals surface area contributed by atoms with Gasteiger partial charge in [-0.25, -0.2) is 0 Å². The Hall–Kier alpha value is -0.730. The lowest BCUT2D eigenvalue weighted by molar-refractivity contribution is -0.622. The number of hydrazone groups is 1. The van der Waals surface area contributed by atoms with E-state index >= 15 is 0 Å². The molecule has 8 heavy (non-hydrogen) atoms. The molecule has 0 radical (unpaired) electrons. The molecule has 1 rings (SSSR count). The Morgan fingerprint density at radius 1 is 1.62 bits per heavy atom. The lowest BCUT2D eigenvalue weighted by atomic mass is 10.4. The van der Waals surface area contributed by atoms with Crippen LogP contribution in [0.15, 0.2) is 10.2 Å². The zero-order chi connectivity index (χ0) is 5.98. The first kappa shape index (κ1) is 5.41. The Bertz CT molecular complexity index is 135. The van der Waals surface area contributed by atoms with Crippen molar-refractivity contribution in [3.05, 3.63) is 0 Å². The molecule has 3 nitrogen and oxygen atoms in total. The summed E-state index contributed by atoms with van der Waals surface area (Å²) < 4.78 is 0. The first-order valence-corrected chi connectivity index (χ1v) is 2.80. The minimum Gasteiger partial charge on any atom is -0.00645 e. The zero-order valence-corrected chi connectivity index (χ0v) is 5.20. The molecule has 1 heterocycles. The largest absolute Gasteiger partial charge is 0.206 e. The molecule has 3 heteroatoms. The van der Waals surface area contributed by atoms with E-state index in [-0.39, 0.29) is 0 Å². The molecule has 0 aromatic rings. The summed E-state index contributed by atoms with van der Waals surface area (Å²) in [7, 11) is 0. The predicted octanol–water partition coefficient (Wildman–Crippen LogP) is 0.859. The van der Waals surface area contributed by atoms with Gasteiger partial charge in [-0.3, -0.25) is 0 Å². The molecular formula is C5H10N3+. The van der Waals surface area contributed by atoms with Crippen molar-refractivity contribution in [1.82, 2.24) is 0 Å². The third kappa shape index (κ3) is 0.911. The van der Waals surface area contributed by atoms with Gasteiger partial charge in [-0.2, -0.15) is 0 Å². The molecule has 0 bridgehead atoms. The van der Waals surface area contributed by atoms with Gasteiger partial charge in [0, 0.05) is 23.8 Å². The van der Waals surface area contributed by atoms with Crippen molar-refractivity contribution in [3.8, 4) is 0 Å². The smallest absolute Gasteiger partial charge is 0.00645 e. The van der Waals surface area contributed by atoms with Crippen LogP contribution in [-0.4, -0.2) is 23.6 Å². The highest BCUT2D eigenvalue weighted by molar-refractivity contribution is 5.59. The van der Waals surface area contributed by atoms with Crippen molar-refractivity contribution < 1.29 is 4.81 Å². The Morgan fingerprint density at radius 2 is 2.38 bits per heavy atom. The molecule has 0 atom stereocenters. The highest BCUT2D eigenvalue weighted by Crippen LogP contribution is 1.94. The highest BCUT2D eigenvalue weighted by Gasteiger charge is 2.12. The number of azo groups is 1. The SMILES string of the molecule is CC(C)[N+]1=NCC=N1. The Labute approximate surface area is 48.7 Å². The topological polar surface area (TPSA) is 27.7 Å². The van der Waals surface area contributed by atoms with Crippen LogP contribution in [0.4, 0.5) is 0 Å². The van der Waals surface area contributed by atoms with Crippen molar-refractivity contribution in [3.63, 3.8) is 0 Å². The van der Waals surface area contributed by atoms with Gasteiger partial charge in [-0.1, -0.05) is 0 Å². The van der Waals surface area contributed by atoms with E-state index in [4.69, 9.17) is 0 Å². The average Bonchev–Trinajstić information content (AvgIpc) is 2.12. The van der Waals surface area contributed by atoms with Crippen LogP contribution in [0, 0.1) is 0 Å². The van der Waals surface area contributed by atoms with Gasteiger partial charge in [0.25, 0.3) is 0 Å². The molecule has 0 saturated carbocycles. The summed E-state index contributed by atoms with van der Waals surface area (Å²) in [5.41, 5.74) is 0. The minimum absolute atomic E-state index is 0.411. The third-order valence-electron chi connectivity index (χ3n) is 0.970. The van der Waals surface area contributed by atoms with E-state index in [9.17, 15) is 0 Å². The summed E-state index contributed by atoms with van der Waals surface area (Å²) in [6, 6.07) is 0.411.